The molecule has 5 heteroatoms. The third kappa shape index (κ3) is 5.54. The molecule has 0 bridgehead atoms. The highest BCUT2D eigenvalue weighted by Gasteiger charge is 2.01. The molecule has 0 fully saturated rings. The summed E-state index contributed by atoms with van der Waals surface area (Å²) in [5, 5.41) is 5.57. The summed E-state index contributed by atoms with van der Waals surface area (Å²) >= 11 is 0. The highest BCUT2D eigenvalue weighted by molar-refractivity contribution is 5.67. The van der Waals surface area contributed by atoms with Crippen LogP contribution in [0.25, 0.3) is 0 Å². The lowest BCUT2D eigenvalue weighted by atomic mass is 10.2. The molecule has 0 spiro atoms. The van der Waals surface area contributed by atoms with Gasteiger partial charge in [0.25, 0.3) is 0 Å². The SMILES string of the molecule is CCOc1ccc(COC(=O)NCCNC)cc1. The van der Waals surface area contributed by atoms with E-state index in [-0.39, 0.29) is 6.61 Å². The van der Waals surface area contributed by atoms with E-state index in [9.17, 15) is 4.79 Å². The first-order chi connectivity index (χ1) is 8.76. The molecule has 0 atom stereocenters. The number of rotatable bonds is 7. The Morgan fingerprint density at radius 3 is 2.56 bits per heavy atom. The van der Waals surface area contributed by atoms with E-state index in [1.54, 1.807) is 0 Å². The van der Waals surface area contributed by atoms with E-state index < -0.39 is 6.09 Å². The van der Waals surface area contributed by atoms with Gasteiger partial charge in [0, 0.05) is 13.1 Å². The van der Waals surface area contributed by atoms with E-state index in [0.29, 0.717) is 13.2 Å². The number of benzene rings is 1. The lowest BCUT2D eigenvalue weighted by Gasteiger charge is -2.07. The Hall–Kier alpha value is -1.75. The number of likely N-dealkylation sites (N-methyl/N-ethyl adjacent to an activating group) is 1. The van der Waals surface area contributed by atoms with Crippen LogP contribution >= 0.6 is 0 Å². The number of amides is 1. The Bertz CT molecular complexity index is 352. The molecular weight excluding hydrogens is 232 g/mol. The van der Waals surface area contributed by atoms with Gasteiger partial charge in [0.1, 0.15) is 12.4 Å². The first kappa shape index (κ1) is 14.3. The van der Waals surface area contributed by atoms with Crippen LogP contribution in [0.1, 0.15) is 12.5 Å². The Balaban J connectivity index is 2.27. The monoisotopic (exact) mass is 252 g/mol. The minimum absolute atomic E-state index is 0.262. The van der Waals surface area contributed by atoms with Gasteiger partial charge < -0.3 is 20.1 Å². The summed E-state index contributed by atoms with van der Waals surface area (Å²) in [7, 11) is 1.83. The van der Waals surface area contributed by atoms with Crippen LogP contribution in [0.4, 0.5) is 4.79 Å². The van der Waals surface area contributed by atoms with Gasteiger partial charge in [0.15, 0.2) is 0 Å². The van der Waals surface area contributed by atoms with Crippen molar-refractivity contribution in [3.8, 4) is 5.75 Å². The van der Waals surface area contributed by atoms with Crippen molar-refractivity contribution >= 4 is 6.09 Å². The molecule has 0 aliphatic rings. The number of ether oxygens (including phenoxy) is 2. The standard InChI is InChI=1S/C13H20N2O3/c1-3-17-12-6-4-11(5-7-12)10-18-13(16)15-9-8-14-2/h4-7,14H,3,8-10H2,1-2H3,(H,15,16). The van der Waals surface area contributed by atoms with Gasteiger partial charge in [-0.25, -0.2) is 4.79 Å². The Kier molecular flexibility index (Phi) is 6.64. The Morgan fingerprint density at radius 1 is 1.22 bits per heavy atom. The molecule has 1 rings (SSSR count). The van der Waals surface area contributed by atoms with E-state index in [0.717, 1.165) is 17.9 Å². The third-order valence-electron chi connectivity index (χ3n) is 2.25. The molecule has 5 nitrogen and oxygen atoms in total. The van der Waals surface area contributed by atoms with Crippen LogP contribution in [0.15, 0.2) is 24.3 Å². The normalized spacial score (nSPS) is 9.89. The van der Waals surface area contributed by atoms with Crippen molar-refractivity contribution in [3.63, 3.8) is 0 Å². The second-order valence-electron chi connectivity index (χ2n) is 3.68. The van der Waals surface area contributed by atoms with Gasteiger partial charge in [-0.1, -0.05) is 12.1 Å². The van der Waals surface area contributed by atoms with Crippen LogP contribution < -0.4 is 15.4 Å². The van der Waals surface area contributed by atoms with Gasteiger partial charge in [0.05, 0.1) is 6.61 Å². The predicted molar refractivity (Wildman–Crippen MR) is 69.7 cm³/mol. The first-order valence-corrected chi connectivity index (χ1v) is 6.03. The molecule has 18 heavy (non-hydrogen) atoms. The molecule has 100 valence electrons. The molecule has 0 radical (unpaired) electrons. The van der Waals surface area contributed by atoms with E-state index in [1.165, 1.54) is 0 Å². The molecule has 2 N–H and O–H groups in total. The van der Waals surface area contributed by atoms with Crippen molar-refractivity contribution in [2.75, 3.05) is 26.7 Å². The molecule has 0 unspecified atom stereocenters. The number of hydrogen-bond donors (Lipinski definition) is 2. The fraction of sp³-hybridized carbons (Fsp3) is 0.462. The minimum atomic E-state index is -0.404. The summed E-state index contributed by atoms with van der Waals surface area (Å²) < 4.78 is 10.4. The Labute approximate surface area is 107 Å². The topological polar surface area (TPSA) is 59.6 Å². The zero-order valence-electron chi connectivity index (χ0n) is 10.9. The molecule has 0 aliphatic carbocycles. The maximum absolute atomic E-state index is 11.3. The highest BCUT2D eigenvalue weighted by Crippen LogP contribution is 2.12. The van der Waals surface area contributed by atoms with Crippen LogP contribution in [-0.4, -0.2) is 32.8 Å². The van der Waals surface area contributed by atoms with Gasteiger partial charge in [0.2, 0.25) is 0 Å². The average Bonchev–Trinajstić information content (AvgIpc) is 2.39. The van der Waals surface area contributed by atoms with E-state index in [2.05, 4.69) is 10.6 Å². The van der Waals surface area contributed by atoms with Crippen LogP contribution in [0.5, 0.6) is 5.75 Å². The van der Waals surface area contributed by atoms with Crippen LogP contribution in [0, 0.1) is 0 Å². The molecule has 0 aromatic heterocycles. The summed E-state index contributed by atoms with van der Waals surface area (Å²) in [6, 6.07) is 7.49. The number of alkyl carbamates (subject to hydrolysis) is 1. The zero-order chi connectivity index (χ0) is 13.2. The summed E-state index contributed by atoms with van der Waals surface area (Å²) in [6.07, 6.45) is -0.404. The van der Waals surface area contributed by atoms with Crippen molar-refractivity contribution < 1.29 is 14.3 Å². The van der Waals surface area contributed by atoms with Crippen molar-refractivity contribution in [2.45, 2.75) is 13.5 Å². The molecule has 1 aromatic carbocycles. The summed E-state index contributed by atoms with van der Waals surface area (Å²) in [6.45, 7) is 4.12. The predicted octanol–water partition coefficient (Wildman–Crippen LogP) is 1.53. The summed E-state index contributed by atoms with van der Waals surface area (Å²) in [5.74, 6) is 0.819. The third-order valence-corrected chi connectivity index (χ3v) is 2.25. The summed E-state index contributed by atoms with van der Waals surface area (Å²) in [5.41, 5.74) is 0.933. The molecule has 1 aromatic rings. The molecule has 0 heterocycles. The number of hydrogen-bond acceptors (Lipinski definition) is 4. The Morgan fingerprint density at radius 2 is 1.94 bits per heavy atom. The molecule has 1 amide bonds. The van der Waals surface area contributed by atoms with Gasteiger partial charge >= 0.3 is 6.09 Å². The lowest BCUT2D eigenvalue weighted by Crippen LogP contribution is -2.30. The van der Waals surface area contributed by atoms with Crippen molar-refractivity contribution in [2.24, 2.45) is 0 Å². The molecule has 0 saturated carbocycles. The van der Waals surface area contributed by atoms with Crippen molar-refractivity contribution in [1.29, 1.82) is 0 Å². The largest absolute Gasteiger partial charge is 0.494 e. The van der Waals surface area contributed by atoms with E-state index in [1.807, 2.05) is 38.2 Å². The number of nitrogens with one attached hydrogen (secondary N) is 2. The van der Waals surface area contributed by atoms with E-state index in [4.69, 9.17) is 9.47 Å². The fourth-order valence-electron chi connectivity index (χ4n) is 1.34. The van der Waals surface area contributed by atoms with Crippen LogP contribution in [-0.2, 0) is 11.3 Å². The van der Waals surface area contributed by atoms with Crippen LogP contribution in [0.2, 0.25) is 0 Å². The smallest absolute Gasteiger partial charge is 0.407 e. The van der Waals surface area contributed by atoms with Gasteiger partial charge in [-0.2, -0.15) is 0 Å². The average molecular weight is 252 g/mol. The molecule has 0 aliphatic heterocycles. The number of carbonyl (C=O) groups excluding carboxylic acids is 1. The van der Waals surface area contributed by atoms with E-state index >= 15 is 0 Å². The minimum Gasteiger partial charge on any atom is -0.494 e. The van der Waals surface area contributed by atoms with Gasteiger partial charge in [-0.3, -0.25) is 0 Å². The molecule has 0 saturated heterocycles. The first-order valence-electron chi connectivity index (χ1n) is 6.03. The second-order valence-corrected chi connectivity index (χ2v) is 3.68. The quantitative estimate of drug-likeness (QED) is 0.723. The molecular formula is C13H20N2O3. The lowest BCUT2D eigenvalue weighted by molar-refractivity contribution is 0.140. The number of carbonyl (C=O) groups is 1. The highest BCUT2D eigenvalue weighted by atomic mass is 16.5. The fourth-order valence-corrected chi connectivity index (χ4v) is 1.34. The zero-order valence-corrected chi connectivity index (χ0v) is 10.9. The van der Waals surface area contributed by atoms with Crippen molar-refractivity contribution in [1.82, 2.24) is 10.6 Å². The maximum Gasteiger partial charge on any atom is 0.407 e. The van der Waals surface area contributed by atoms with Crippen molar-refractivity contribution in [3.05, 3.63) is 29.8 Å². The second kappa shape index (κ2) is 8.36. The van der Waals surface area contributed by atoms with Gasteiger partial charge in [-0.05, 0) is 31.7 Å². The summed E-state index contributed by atoms with van der Waals surface area (Å²) in [4.78, 5) is 11.3. The van der Waals surface area contributed by atoms with Gasteiger partial charge in [-0.15, -0.1) is 0 Å². The maximum atomic E-state index is 11.3. The van der Waals surface area contributed by atoms with Crippen LogP contribution in [0.3, 0.4) is 0 Å².